The number of fused-ring (bicyclic) bond motifs is 1. The van der Waals surface area contributed by atoms with Gasteiger partial charge in [0.2, 0.25) is 0 Å². The van der Waals surface area contributed by atoms with E-state index < -0.39 is 0 Å². The van der Waals surface area contributed by atoms with E-state index in [9.17, 15) is 5.11 Å². The predicted octanol–water partition coefficient (Wildman–Crippen LogP) is 4.27. The lowest BCUT2D eigenvalue weighted by atomic mass is 10.0. The average molecular weight is 274 g/mol. The largest absolute Gasteiger partial charge is 0.392 e. The van der Waals surface area contributed by atoms with Crippen LogP contribution in [0.3, 0.4) is 0 Å². The molecule has 0 saturated carbocycles. The summed E-state index contributed by atoms with van der Waals surface area (Å²) in [6.45, 7) is 4.41. The van der Waals surface area contributed by atoms with E-state index >= 15 is 0 Å². The molecule has 2 rings (SSSR count). The summed E-state index contributed by atoms with van der Waals surface area (Å²) >= 11 is 1.86. The molecule has 0 spiro atoms. The molecular weight excluding hydrogens is 252 g/mol. The number of benzene rings is 2. The Morgan fingerprint density at radius 1 is 1.11 bits per heavy atom. The Balaban J connectivity index is 2.04. The number of aliphatic hydroxyl groups is 1. The molecule has 0 aromatic heterocycles. The van der Waals surface area contributed by atoms with Crippen LogP contribution in [0, 0.1) is 0 Å². The Kier molecular flexibility index (Phi) is 5.29. The normalized spacial score (nSPS) is 14.5. The van der Waals surface area contributed by atoms with E-state index in [1.807, 2.05) is 11.8 Å². The van der Waals surface area contributed by atoms with Crippen molar-refractivity contribution >= 4 is 22.5 Å². The van der Waals surface area contributed by atoms with Gasteiger partial charge in [-0.15, -0.1) is 0 Å². The number of hydrogen-bond acceptors (Lipinski definition) is 2. The summed E-state index contributed by atoms with van der Waals surface area (Å²) in [5.74, 6) is 0.818. The van der Waals surface area contributed by atoms with Crippen LogP contribution >= 0.6 is 11.8 Å². The number of thioether (sulfide) groups is 1. The second-order valence-electron chi connectivity index (χ2n) is 5.05. The van der Waals surface area contributed by atoms with E-state index in [4.69, 9.17) is 0 Å². The first-order valence-corrected chi connectivity index (χ1v) is 8.02. The molecule has 0 saturated heterocycles. The molecule has 0 fully saturated rings. The van der Waals surface area contributed by atoms with Gasteiger partial charge in [0.1, 0.15) is 0 Å². The van der Waals surface area contributed by atoms with E-state index in [-0.39, 0.29) is 6.10 Å². The Morgan fingerprint density at radius 2 is 1.84 bits per heavy atom. The highest BCUT2D eigenvalue weighted by molar-refractivity contribution is 7.99. The first kappa shape index (κ1) is 14.4. The fraction of sp³-hybridized carbons (Fsp3) is 0.412. The zero-order chi connectivity index (χ0) is 13.7. The van der Waals surface area contributed by atoms with Crippen molar-refractivity contribution in [2.24, 2.45) is 0 Å². The van der Waals surface area contributed by atoms with Crippen LogP contribution in [0.5, 0.6) is 0 Å². The summed E-state index contributed by atoms with van der Waals surface area (Å²) in [7, 11) is 0. The smallest absolute Gasteiger partial charge is 0.0671 e. The monoisotopic (exact) mass is 274 g/mol. The first-order valence-electron chi connectivity index (χ1n) is 6.97. The number of hydrogen-bond donors (Lipinski definition) is 1. The van der Waals surface area contributed by atoms with Crippen LogP contribution in [0.4, 0.5) is 0 Å². The third kappa shape index (κ3) is 3.99. The lowest BCUT2D eigenvalue weighted by Crippen LogP contribution is -2.15. The minimum atomic E-state index is -0.259. The van der Waals surface area contributed by atoms with Gasteiger partial charge in [0, 0.05) is 11.0 Å². The van der Waals surface area contributed by atoms with Gasteiger partial charge in [-0.05, 0) is 29.2 Å². The summed E-state index contributed by atoms with van der Waals surface area (Å²) in [6.07, 6.45) is 1.64. The lowest BCUT2D eigenvalue weighted by Gasteiger charge is -2.14. The molecule has 1 nitrogen and oxygen atoms in total. The molecule has 2 aromatic rings. The zero-order valence-corrected chi connectivity index (χ0v) is 12.5. The van der Waals surface area contributed by atoms with Gasteiger partial charge in [0.25, 0.3) is 0 Å². The maximum atomic E-state index is 10.2. The van der Waals surface area contributed by atoms with Crippen LogP contribution in [0.2, 0.25) is 0 Å². The van der Waals surface area contributed by atoms with Crippen molar-refractivity contribution < 1.29 is 5.11 Å². The van der Waals surface area contributed by atoms with E-state index in [1.54, 1.807) is 0 Å². The molecule has 2 aromatic carbocycles. The summed E-state index contributed by atoms with van der Waals surface area (Å²) in [5.41, 5.74) is 1.25. The quantitative estimate of drug-likeness (QED) is 0.848. The molecule has 0 heterocycles. The van der Waals surface area contributed by atoms with Gasteiger partial charge < -0.3 is 5.11 Å². The molecule has 2 atom stereocenters. The van der Waals surface area contributed by atoms with Crippen molar-refractivity contribution in [1.29, 1.82) is 0 Å². The third-order valence-electron chi connectivity index (χ3n) is 3.48. The average Bonchev–Trinajstić information content (AvgIpc) is 2.45. The Morgan fingerprint density at radius 3 is 2.63 bits per heavy atom. The molecule has 19 heavy (non-hydrogen) atoms. The van der Waals surface area contributed by atoms with Gasteiger partial charge in [-0.25, -0.2) is 0 Å². The molecule has 1 N–H and O–H groups in total. The maximum absolute atomic E-state index is 10.2. The van der Waals surface area contributed by atoms with E-state index in [2.05, 4.69) is 56.3 Å². The van der Waals surface area contributed by atoms with E-state index in [1.165, 1.54) is 16.3 Å². The maximum Gasteiger partial charge on any atom is 0.0671 e. The van der Waals surface area contributed by atoms with Crippen LogP contribution in [0.15, 0.2) is 42.5 Å². The molecule has 102 valence electrons. The SMILES string of the molecule is CCC(C)SCC(O)Cc1cccc2ccccc12. The molecule has 0 amide bonds. The van der Waals surface area contributed by atoms with Crippen molar-refractivity contribution in [3.8, 4) is 0 Å². The molecule has 2 unspecified atom stereocenters. The summed E-state index contributed by atoms with van der Waals surface area (Å²) in [5, 5.41) is 13.3. The fourth-order valence-electron chi connectivity index (χ4n) is 2.18. The number of rotatable bonds is 6. The van der Waals surface area contributed by atoms with Crippen molar-refractivity contribution in [1.82, 2.24) is 0 Å². The highest BCUT2D eigenvalue weighted by atomic mass is 32.2. The molecule has 0 aliphatic carbocycles. The van der Waals surface area contributed by atoms with Crippen LogP contribution < -0.4 is 0 Å². The number of aliphatic hydroxyl groups excluding tert-OH is 1. The fourth-order valence-corrected chi connectivity index (χ4v) is 3.08. The molecule has 0 radical (unpaired) electrons. The van der Waals surface area contributed by atoms with Gasteiger partial charge in [-0.1, -0.05) is 56.3 Å². The van der Waals surface area contributed by atoms with Crippen LogP contribution in [0.25, 0.3) is 10.8 Å². The predicted molar refractivity (Wildman–Crippen MR) is 85.9 cm³/mol. The van der Waals surface area contributed by atoms with E-state index in [0.717, 1.165) is 18.6 Å². The van der Waals surface area contributed by atoms with E-state index in [0.29, 0.717) is 5.25 Å². The van der Waals surface area contributed by atoms with Gasteiger partial charge in [-0.2, -0.15) is 11.8 Å². The second-order valence-corrected chi connectivity index (χ2v) is 6.52. The second kappa shape index (κ2) is 6.97. The van der Waals surface area contributed by atoms with Gasteiger partial charge in [-0.3, -0.25) is 0 Å². The Bertz CT molecular complexity index is 518. The van der Waals surface area contributed by atoms with Crippen molar-refractivity contribution in [2.75, 3.05) is 5.75 Å². The van der Waals surface area contributed by atoms with Crippen molar-refractivity contribution in [3.05, 3.63) is 48.0 Å². The topological polar surface area (TPSA) is 20.2 Å². The highest BCUT2D eigenvalue weighted by Crippen LogP contribution is 2.21. The molecule has 0 bridgehead atoms. The van der Waals surface area contributed by atoms with Crippen molar-refractivity contribution in [3.63, 3.8) is 0 Å². The van der Waals surface area contributed by atoms with Crippen LogP contribution in [-0.4, -0.2) is 22.2 Å². The van der Waals surface area contributed by atoms with Gasteiger partial charge in [0.15, 0.2) is 0 Å². The van der Waals surface area contributed by atoms with Gasteiger partial charge in [0.05, 0.1) is 6.10 Å². The minimum Gasteiger partial charge on any atom is -0.392 e. The molecular formula is C17H22OS. The molecule has 0 aliphatic heterocycles. The first-order chi connectivity index (χ1) is 9.20. The van der Waals surface area contributed by atoms with Crippen LogP contribution in [0.1, 0.15) is 25.8 Å². The standard InChI is InChI=1S/C17H22OS/c1-3-13(2)19-12-16(18)11-15-9-6-8-14-7-4-5-10-17(14)15/h4-10,13,16,18H,3,11-12H2,1-2H3. The van der Waals surface area contributed by atoms with Crippen molar-refractivity contribution in [2.45, 2.75) is 38.0 Å². The summed E-state index contributed by atoms with van der Waals surface area (Å²) in [4.78, 5) is 0. The Labute approximate surface area is 120 Å². The lowest BCUT2D eigenvalue weighted by molar-refractivity contribution is 0.200. The van der Waals surface area contributed by atoms with Gasteiger partial charge >= 0.3 is 0 Å². The zero-order valence-electron chi connectivity index (χ0n) is 11.7. The summed E-state index contributed by atoms with van der Waals surface area (Å²) in [6, 6.07) is 14.7. The summed E-state index contributed by atoms with van der Waals surface area (Å²) < 4.78 is 0. The third-order valence-corrected chi connectivity index (χ3v) is 4.96. The minimum absolute atomic E-state index is 0.259. The molecule has 0 aliphatic rings. The highest BCUT2D eigenvalue weighted by Gasteiger charge is 2.10. The Hall–Kier alpha value is -0.990. The molecule has 2 heteroatoms. The van der Waals surface area contributed by atoms with Crippen LogP contribution in [-0.2, 0) is 6.42 Å².